The number of nitrogens with zero attached hydrogens (tertiary/aromatic N) is 1. The molecule has 2 heterocycles. The van der Waals surface area contributed by atoms with Crippen LogP contribution in [0.5, 0.6) is 5.75 Å². The van der Waals surface area contributed by atoms with Gasteiger partial charge in [-0.1, -0.05) is 24.3 Å². The van der Waals surface area contributed by atoms with Crippen LogP contribution in [0.1, 0.15) is 10.4 Å². The van der Waals surface area contributed by atoms with Crippen LogP contribution < -0.4 is 4.74 Å². The van der Waals surface area contributed by atoms with Gasteiger partial charge in [0.2, 0.25) is 5.78 Å². The third kappa shape index (κ3) is 1.33. The van der Waals surface area contributed by atoms with Crippen molar-refractivity contribution in [3.05, 3.63) is 53.8 Å². The molecule has 0 radical (unpaired) electrons. The quantitative estimate of drug-likeness (QED) is 0.660. The molecule has 16 heavy (non-hydrogen) atoms. The summed E-state index contributed by atoms with van der Waals surface area (Å²) in [6.07, 6.45) is 5.77. The second-order valence-corrected chi connectivity index (χ2v) is 3.80. The number of carbonyl (C=O) groups excluding carboxylic acids is 1. The molecule has 3 heteroatoms. The van der Waals surface area contributed by atoms with E-state index in [1.54, 1.807) is 6.07 Å². The predicted molar refractivity (Wildman–Crippen MR) is 60.2 cm³/mol. The molecule has 2 aliphatic rings. The summed E-state index contributed by atoms with van der Waals surface area (Å²) < 4.78 is 5.62. The summed E-state index contributed by atoms with van der Waals surface area (Å²) in [7, 11) is 0. The number of benzene rings is 1. The van der Waals surface area contributed by atoms with Gasteiger partial charge in [-0.25, -0.2) is 0 Å². The van der Waals surface area contributed by atoms with Crippen LogP contribution in [0.15, 0.2) is 48.2 Å². The molecule has 0 fully saturated rings. The Hall–Kier alpha value is -2.03. The summed E-state index contributed by atoms with van der Waals surface area (Å²) in [4.78, 5) is 14.2. The molecule has 0 bridgehead atoms. The first kappa shape index (κ1) is 9.21. The van der Waals surface area contributed by atoms with Crippen molar-refractivity contribution in [3.8, 4) is 5.75 Å². The monoisotopic (exact) mass is 213 g/mol. The zero-order valence-electron chi connectivity index (χ0n) is 8.72. The Bertz CT molecular complexity index is 502. The minimum Gasteiger partial charge on any atom is -0.472 e. The first-order chi connectivity index (χ1) is 7.86. The minimum absolute atomic E-state index is 0.0393. The normalized spacial score (nSPS) is 18.1. The van der Waals surface area contributed by atoms with Crippen molar-refractivity contribution in [2.24, 2.45) is 0 Å². The van der Waals surface area contributed by atoms with Crippen LogP contribution in [0.25, 0.3) is 0 Å². The van der Waals surface area contributed by atoms with Gasteiger partial charge in [-0.2, -0.15) is 0 Å². The van der Waals surface area contributed by atoms with Crippen molar-refractivity contribution >= 4 is 5.78 Å². The molecule has 0 saturated heterocycles. The zero-order valence-corrected chi connectivity index (χ0v) is 8.72. The van der Waals surface area contributed by atoms with Crippen LogP contribution in [0, 0.1) is 0 Å². The van der Waals surface area contributed by atoms with Gasteiger partial charge in [-0.05, 0) is 18.2 Å². The second kappa shape index (κ2) is 3.52. The van der Waals surface area contributed by atoms with Crippen LogP contribution in [0.2, 0.25) is 0 Å². The number of carbonyl (C=O) groups is 1. The molecule has 0 amide bonds. The number of rotatable bonds is 0. The van der Waals surface area contributed by atoms with Crippen LogP contribution in [-0.4, -0.2) is 24.0 Å². The summed E-state index contributed by atoms with van der Waals surface area (Å²) in [5, 5.41) is 0. The van der Waals surface area contributed by atoms with E-state index in [9.17, 15) is 4.79 Å². The summed E-state index contributed by atoms with van der Waals surface area (Å²) >= 11 is 0. The minimum atomic E-state index is 0.0393. The summed E-state index contributed by atoms with van der Waals surface area (Å²) in [6.45, 7) is 1.16. The lowest BCUT2D eigenvalue weighted by atomic mass is 10.1. The van der Waals surface area contributed by atoms with Crippen LogP contribution in [0.4, 0.5) is 0 Å². The van der Waals surface area contributed by atoms with Gasteiger partial charge in [0.1, 0.15) is 5.75 Å². The number of allylic oxidation sites excluding steroid dienone is 3. The van der Waals surface area contributed by atoms with Gasteiger partial charge < -0.3 is 9.64 Å². The van der Waals surface area contributed by atoms with E-state index in [-0.39, 0.29) is 5.78 Å². The Morgan fingerprint density at radius 2 is 2.12 bits per heavy atom. The summed E-state index contributed by atoms with van der Waals surface area (Å²) in [5.41, 5.74) is 1.36. The SMILES string of the molecule is O=C1C2=CC=CCN2COc2ccccc21. The molecular weight excluding hydrogens is 202 g/mol. The molecule has 0 atom stereocenters. The molecule has 1 aromatic carbocycles. The maximum Gasteiger partial charge on any atom is 0.212 e. The van der Waals surface area contributed by atoms with Crippen LogP contribution in [-0.2, 0) is 0 Å². The molecule has 0 saturated carbocycles. The Morgan fingerprint density at radius 1 is 1.25 bits per heavy atom. The van der Waals surface area contributed by atoms with Crippen molar-refractivity contribution in [2.75, 3.05) is 13.3 Å². The summed E-state index contributed by atoms with van der Waals surface area (Å²) in [6, 6.07) is 7.37. The van der Waals surface area contributed by atoms with Crippen molar-refractivity contribution in [1.29, 1.82) is 0 Å². The fourth-order valence-corrected chi connectivity index (χ4v) is 1.96. The molecule has 3 nitrogen and oxygen atoms in total. The van der Waals surface area contributed by atoms with E-state index in [1.165, 1.54) is 0 Å². The van der Waals surface area contributed by atoms with Crippen LogP contribution in [0.3, 0.4) is 0 Å². The Kier molecular flexibility index (Phi) is 2.03. The number of hydrogen-bond donors (Lipinski definition) is 0. The number of Topliss-reactive ketones (excluding diaryl/α,β-unsaturated/α-hetero) is 1. The summed E-state index contributed by atoms with van der Waals surface area (Å²) in [5.74, 6) is 0.709. The highest BCUT2D eigenvalue weighted by Crippen LogP contribution is 2.27. The van der Waals surface area contributed by atoms with Crippen molar-refractivity contribution in [3.63, 3.8) is 0 Å². The highest BCUT2D eigenvalue weighted by atomic mass is 16.5. The lowest BCUT2D eigenvalue weighted by Crippen LogP contribution is -2.30. The number of ether oxygens (including phenoxy) is 1. The lowest BCUT2D eigenvalue weighted by Gasteiger charge is -2.23. The maximum absolute atomic E-state index is 12.2. The van der Waals surface area contributed by atoms with Crippen molar-refractivity contribution < 1.29 is 9.53 Å². The zero-order chi connectivity index (χ0) is 11.0. The van der Waals surface area contributed by atoms with Crippen molar-refractivity contribution in [1.82, 2.24) is 4.90 Å². The second-order valence-electron chi connectivity index (χ2n) is 3.80. The number of para-hydroxylation sites is 1. The molecule has 2 aliphatic heterocycles. The first-order valence-corrected chi connectivity index (χ1v) is 5.24. The Morgan fingerprint density at radius 3 is 3.06 bits per heavy atom. The first-order valence-electron chi connectivity index (χ1n) is 5.24. The highest BCUT2D eigenvalue weighted by Gasteiger charge is 2.25. The van der Waals surface area contributed by atoms with Gasteiger partial charge in [0.05, 0.1) is 11.3 Å². The molecule has 0 spiro atoms. The highest BCUT2D eigenvalue weighted by molar-refractivity contribution is 6.10. The van der Waals surface area contributed by atoms with Crippen LogP contribution >= 0.6 is 0 Å². The van der Waals surface area contributed by atoms with E-state index in [2.05, 4.69) is 0 Å². The lowest BCUT2D eigenvalue weighted by molar-refractivity contribution is 0.0982. The molecule has 0 N–H and O–H groups in total. The largest absolute Gasteiger partial charge is 0.472 e. The smallest absolute Gasteiger partial charge is 0.212 e. The number of ketones is 1. The van der Waals surface area contributed by atoms with E-state index in [4.69, 9.17) is 4.74 Å². The third-order valence-corrected chi connectivity index (χ3v) is 2.80. The fourth-order valence-electron chi connectivity index (χ4n) is 1.96. The van der Waals surface area contributed by atoms with E-state index < -0.39 is 0 Å². The molecule has 0 aliphatic carbocycles. The van der Waals surface area contributed by atoms with E-state index in [1.807, 2.05) is 41.3 Å². The Labute approximate surface area is 93.6 Å². The topological polar surface area (TPSA) is 29.5 Å². The maximum atomic E-state index is 12.2. The average molecular weight is 213 g/mol. The van der Waals surface area contributed by atoms with Gasteiger partial charge in [0.15, 0.2) is 6.73 Å². The van der Waals surface area contributed by atoms with Gasteiger partial charge in [-0.3, -0.25) is 4.79 Å². The van der Waals surface area contributed by atoms with Gasteiger partial charge >= 0.3 is 0 Å². The molecule has 1 aromatic rings. The van der Waals surface area contributed by atoms with E-state index in [0.29, 0.717) is 23.7 Å². The molecule has 0 aromatic heterocycles. The average Bonchev–Trinajstić information content (AvgIpc) is 2.49. The molecule has 80 valence electrons. The van der Waals surface area contributed by atoms with Crippen molar-refractivity contribution in [2.45, 2.75) is 0 Å². The van der Waals surface area contributed by atoms with E-state index >= 15 is 0 Å². The molecule has 0 unspecified atom stereocenters. The molecular formula is C13H11NO2. The third-order valence-electron chi connectivity index (χ3n) is 2.80. The predicted octanol–water partition coefficient (Wildman–Crippen LogP) is 1.97. The van der Waals surface area contributed by atoms with Gasteiger partial charge in [0, 0.05) is 6.54 Å². The van der Waals surface area contributed by atoms with Gasteiger partial charge in [-0.15, -0.1) is 0 Å². The Balaban J connectivity index is 2.11. The molecule has 3 rings (SSSR count). The number of fused-ring (bicyclic) bond motifs is 2. The number of hydrogen-bond acceptors (Lipinski definition) is 3. The van der Waals surface area contributed by atoms with E-state index in [0.717, 1.165) is 6.54 Å². The van der Waals surface area contributed by atoms with Gasteiger partial charge in [0.25, 0.3) is 0 Å². The fraction of sp³-hybridized carbons (Fsp3) is 0.154. The standard InChI is InChI=1S/C13H11NO2/c15-13-10-5-1-2-7-12(10)16-9-14-8-4-3-6-11(13)14/h1-7H,8-9H2.